The van der Waals surface area contributed by atoms with Gasteiger partial charge in [0.05, 0.1) is 31.5 Å². The zero-order chi connectivity index (χ0) is 106. The first kappa shape index (κ1) is 135. The number of anilines is 1. The van der Waals surface area contributed by atoms with Crippen LogP contribution >= 0.6 is 0 Å². The van der Waals surface area contributed by atoms with Crippen LogP contribution in [-0.4, -0.2) is 136 Å². The van der Waals surface area contributed by atoms with Crippen LogP contribution in [0.2, 0.25) is 57.2 Å². The van der Waals surface area contributed by atoms with Crippen molar-refractivity contribution in [1.29, 1.82) is 0 Å². The number of esters is 2. The van der Waals surface area contributed by atoms with Crippen LogP contribution in [0.15, 0.2) is 269 Å². The van der Waals surface area contributed by atoms with Crippen LogP contribution in [0.4, 0.5) is 15.3 Å². The number of hydroxylamine groups is 1. The number of alkyl carbamates (subject to hydrolysis) is 2. The van der Waals surface area contributed by atoms with E-state index in [0.717, 1.165) is 89.9 Å². The SMILES string of the molecule is C=CC.C=CC.C=CC.CC.CC.CC.CC.CC.CC.CC(C)(C)OC(=O)C(CNC(=O)OCC[Si](C)(C)C)c1ccccc1.CC(C)(C)OC(=O)Cc1ccccc1.CC1B(O)ONC(=O)C1C.CCC(C(=O)Cc1ccc2cnccc2c1)c1ccccc1.COCNC(=O)OCC[Si](C)(C)C.NCC(C(=O)Cc1ccc2cnccc2c1)c1ccccc1.Nc1ccc2cnccc2c1. The molecule has 11 rings (SSSR count). The molecule has 7 aromatic carbocycles. The highest BCUT2D eigenvalue weighted by molar-refractivity contribution is 6.76. The van der Waals surface area contributed by atoms with Gasteiger partial charge >= 0.3 is 31.2 Å². The molecule has 138 heavy (non-hydrogen) atoms. The van der Waals surface area contributed by atoms with E-state index in [1.54, 1.807) is 50.7 Å². The van der Waals surface area contributed by atoms with Gasteiger partial charge in [-0.3, -0.25) is 49.0 Å². The van der Waals surface area contributed by atoms with Crippen molar-refractivity contribution in [3.63, 3.8) is 0 Å². The molecule has 1 saturated heterocycles. The van der Waals surface area contributed by atoms with Gasteiger partial charge in [-0.2, -0.15) is 0 Å². The molecule has 0 saturated carbocycles. The first-order valence-electron chi connectivity index (χ1n) is 48.5. The van der Waals surface area contributed by atoms with Crippen molar-refractivity contribution in [2.75, 3.05) is 45.9 Å². The molecule has 10 aromatic rings. The number of ether oxygens (including phenoxy) is 5. The molecule has 5 unspecified atom stereocenters. The summed E-state index contributed by atoms with van der Waals surface area (Å²) in [6, 6.07) is 64.5. The Morgan fingerprint density at radius 2 is 0.841 bits per heavy atom. The average Bonchev–Trinajstić information content (AvgIpc) is 0.764. The Hall–Kier alpha value is -11.6. The number of nitrogens with two attached hydrogens (primary N) is 2. The lowest BCUT2D eigenvalue weighted by atomic mass is 9.66. The van der Waals surface area contributed by atoms with E-state index in [1.165, 1.54) is 7.11 Å². The van der Waals surface area contributed by atoms with Crippen molar-refractivity contribution in [3.8, 4) is 0 Å². The normalized spacial score (nSPS) is 12.2. The lowest BCUT2D eigenvalue weighted by Gasteiger charge is -2.26. The summed E-state index contributed by atoms with van der Waals surface area (Å²) in [6.45, 7) is 71.4. The van der Waals surface area contributed by atoms with Crippen LogP contribution in [0.1, 0.15) is 224 Å². The Morgan fingerprint density at radius 1 is 0.493 bits per heavy atom. The highest BCUT2D eigenvalue weighted by Crippen LogP contribution is 2.27. The van der Waals surface area contributed by atoms with Crippen LogP contribution in [0.25, 0.3) is 32.3 Å². The highest BCUT2D eigenvalue weighted by Gasteiger charge is 2.37. The number of methoxy groups -OCH3 is 1. The minimum absolute atomic E-state index is 0.0191. The van der Waals surface area contributed by atoms with Crippen molar-refractivity contribution >= 4 is 103 Å². The summed E-state index contributed by atoms with van der Waals surface area (Å²) in [7, 11) is -1.69. The molecule has 8 N–H and O–H groups in total. The van der Waals surface area contributed by atoms with E-state index in [1.807, 2.05) is 352 Å². The first-order valence-corrected chi connectivity index (χ1v) is 55.9. The predicted molar refractivity (Wildman–Crippen MR) is 589 cm³/mol. The van der Waals surface area contributed by atoms with E-state index in [2.05, 4.69) is 113 Å². The summed E-state index contributed by atoms with van der Waals surface area (Å²) in [5.74, 6) is -1.40. The number of nitrogens with one attached hydrogen (secondary N) is 3. The van der Waals surface area contributed by atoms with Gasteiger partial charge in [0, 0.05) is 126 Å². The number of benzene rings is 7. The van der Waals surface area contributed by atoms with Crippen LogP contribution in [-0.2, 0) is 71.7 Å². The number of hydrogen-bond acceptors (Lipinski definition) is 19. The maximum atomic E-state index is 12.7. The molecule has 22 nitrogen and oxygen atoms in total. The molecular formula is C113H175BN8O14Si2. The Morgan fingerprint density at radius 3 is 1.20 bits per heavy atom. The second-order valence-corrected chi connectivity index (χ2v) is 45.2. The van der Waals surface area contributed by atoms with Crippen molar-refractivity contribution in [2.24, 2.45) is 11.7 Å². The van der Waals surface area contributed by atoms with Gasteiger partial charge in [0.25, 0.3) is 0 Å². The van der Waals surface area contributed by atoms with Gasteiger partial charge in [-0.15, -0.1) is 19.7 Å². The number of carbonyl (C=O) groups is 7. The number of hydrogen-bond donors (Lipinski definition) is 6. The van der Waals surface area contributed by atoms with Gasteiger partial charge in [0.2, 0.25) is 5.91 Å². The Kier molecular flexibility index (Phi) is 79.6. The van der Waals surface area contributed by atoms with E-state index in [-0.39, 0.29) is 66.3 Å². The largest absolute Gasteiger partial charge is 0.482 e. The van der Waals surface area contributed by atoms with Gasteiger partial charge in [-0.1, -0.05) is 325 Å². The summed E-state index contributed by atoms with van der Waals surface area (Å²) in [5.41, 5.74) is 19.3. The zero-order valence-electron chi connectivity index (χ0n) is 89.8. The molecule has 1 aliphatic heterocycles. The molecule has 5 atom stereocenters. The number of nitrogens with zero attached hydrogens (tertiary/aromatic N) is 3. The number of aromatic nitrogens is 3. The molecule has 25 heteroatoms. The summed E-state index contributed by atoms with van der Waals surface area (Å²) in [5, 5.41) is 20.9. The number of fused-ring (bicyclic) bond motifs is 3. The molecule has 0 bridgehead atoms. The number of ketones is 2. The smallest absolute Gasteiger partial charge is 0.460 e. The number of allylic oxidation sites excluding steroid dienone is 3. The molecule has 762 valence electrons. The first-order chi connectivity index (χ1) is 65.7. The molecule has 1 aliphatic rings. The number of pyridine rings is 3. The van der Waals surface area contributed by atoms with E-state index < -0.39 is 52.6 Å². The molecule has 3 aromatic heterocycles. The van der Waals surface area contributed by atoms with Crippen LogP contribution in [0, 0.1) is 5.92 Å². The molecule has 4 heterocycles. The molecule has 0 aliphatic carbocycles. The number of nitrogen functional groups attached to an aromatic ring is 1. The Bertz CT molecular complexity index is 4710. The molecule has 1 fully saturated rings. The van der Waals surface area contributed by atoms with Gasteiger partial charge in [0.15, 0.2) is 0 Å². The number of carbonyl (C=O) groups excluding carboxylic acids is 7. The number of amides is 3. The zero-order valence-corrected chi connectivity index (χ0v) is 91.8. The van der Waals surface area contributed by atoms with E-state index in [4.69, 9.17) is 35.4 Å². The van der Waals surface area contributed by atoms with E-state index in [0.29, 0.717) is 39.0 Å². The lowest BCUT2D eigenvalue weighted by molar-refractivity contribution is -0.157. The maximum absolute atomic E-state index is 12.7. The molecule has 3 amide bonds. The fourth-order valence-electron chi connectivity index (χ4n) is 11.4. The summed E-state index contributed by atoms with van der Waals surface area (Å²) in [6.07, 6.45) is 17.2. The molecule has 0 spiro atoms. The Balaban J connectivity index is -0.000000490. The topological polar surface area (TPSA) is 322 Å². The minimum atomic E-state index is -1.25. The predicted octanol–water partition coefficient (Wildman–Crippen LogP) is 27.1. The van der Waals surface area contributed by atoms with Crippen molar-refractivity contribution in [3.05, 3.63) is 303 Å². The fraction of sp³-hybridized carbons (Fsp3) is 0.434. The van der Waals surface area contributed by atoms with Gasteiger partial charge in [-0.25, -0.2) is 15.1 Å². The average molecular weight is 1940 g/mol. The van der Waals surface area contributed by atoms with Crippen LogP contribution in [0.5, 0.6) is 0 Å². The summed E-state index contributed by atoms with van der Waals surface area (Å²) < 4.78 is 30.0. The van der Waals surface area contributed by atoms with Crippen molar-refractivity contribution in [1.82, 2.24) is 31.1 Å². The lowest BCUT2D eigenvalue weighted by Crippen LogP contribution is -2.47. The second-order valence-electron chi connectivity index (χ2n) is 33.9. The van der Waals surface area contributed by atoms with Gasteiger partial charge < -0.3 is 45.5 Å². The number of rotatable bonds is 24. The van der Waals surface area contributed by atoms with Gasteiger partial charge in [0.1, 0.15) is 29.5 Å². The maximum Gasteiger partial charge on any atom is 0.482 e. The third-order valence-corrected chi connectivity index (χ3v) is 21.5. The Labute approximate surface area is 834 Å². The fourth-order valence-corrected chi connectivity index (χ4v) is 12.8. The minimum Gasteiger partial charge on any atom is -0.460 e. The standard InChI is InChI=1S/C20H19NO.C19H18N2O.C19H31NO4Si.C12H16O2.C9H8N2.C8H19NO3Si.C5H10BNO3.3C3H6.6C2H6/c1-2-19(16-6-4-3-5-7-16)20(22)13-15-8-9-18-14-21-11-10-17(18)12-15;20-12-18(15-4-2-1-3-5-15)19(22)11-14-6-7-17-13-21-9-8-16(17)10-14;1-19(2,3)24-17(21)16(15-10-8-7-9-11-15)14-20-18(22)23-12-13-25(4,5)6;1-12(2,3)14-11(13)9-10-7-5-4-6-8-10;10-9-2-1-8-6-11-4-3-7(8)5-9;1-11-7-9-8(10)12-5-6-13(2,3)4;1-3-4(2)6(9)10-7-5(3)8;3*1-3-2;6*1-2/h3-12,14,19H,2,13H2,1H3;1-10,13,18H,11-12,20H2;7-11,16H,12-14H2,1-6H3,(H,20,22);4-8H,9H2,1-3H3;1-6H,10H2;5-7H2,1-4H3,(H,9,10);3-4,9H,1-2H3,(H,7,8);3*3H,1H2,2H3;6*1-2H3. The molecular weight excluding hydrogens is 1760 g/mol. The number of Topliss-reactive ketones (excluding diaryl/α,β-unsaturated/α-hetero) is 2. The van der Waals surface area contributed by atoms with Crippen molar-refractivity contribution < 1.29 is 67.0 Å². The third-order valence-electron chi connectivity index (χ3n) is 18.1. The quantitative estimate of drug-likeness (QED) is 0.00817. The second kappa shape index (κ2) is 81.4. The van der Waals surface area contributed by atoms with E-state index >= 15 is 0 Å². The van der Waals surface area contributed by atoms with Crippen molar-refractivity contribution in [2.45, 2.75) is 278 Å². The van der Waals surface area contributed by atoms with Crippen LogP contribution < -0.4 is 27.6 Å². The summed E-state index contributed by atoms with van der Waals surface area (Å²) >= 11 is 0. The third kappa shape index (κ3) is 65.3. The highest BCUT2D eigenvalue weighted by atomic mass is 28.3. The molecule has 0 radical (unpaired) electrons. The van der Waals surface area contributed by atoms with E-state index in [9.17, 15) is 33.6 Å². The summed E-state index contributed by atoms with van der Waals surface area (Å²) in [4.78, 5) is 95.0. The monoisotopic (exact) mass is 1940 g/mol. The van der Waals surface area contributed by atoms with Gasteiger partial charge in [-0.05, 0) is 161 Å². The van der Waals surface area contributed by atoms with Crippen LogP contribution in [0.3, 0.4) is 0 Å².